The summed E-state index contributed by atoms with van der Waals surface area (Å²) in [5, 5.41) is 44.5. The van der Waals surface area contributed by atoms with Gasteiger partial charge in [0.25, 0.3) is 5.91 Å². The van der Waals surface area contributed by atoms with Crippen LogP contribution in [-0.4, -0.2) is 68.5 Å². The van der Waals surface area contributed by atoms with Crippen molar-refractivity contribution in [3.63, 3.8) is 0 Å². The van der Waals surface area contributed by atoms with Crippen LogP contribution in [0.5, 0.6) is 5.75 Å². The van der Waals surface area contributed by atoms with E-state index in [0.29, 0.717) is 12.0 Å². The number of allylic oxidation sites excluding steroid dienone is 4. The van der Waals surface area contributed by atoms with Crippen LogP contribution in [0.1, 0.15) is 36.5 Å². The number of phenolic OH excluding ortho intramolecular Hbond substituents is 1. The second-order valence-corrected chi connectivity index (χ2v) is 10.3. The number of hydrogen-bond acceptors (Lipinski definition) is 8. The molecule has 6 N–H and O–H groups in total. The number of aliphatic hydroxyl groups excluding tert-OH is 2. The van der Waals surface area contributed by atoms with E-state index in [9.17, 15) is 34.8 Å². The summed E-state index contributed by atoms with van der Waals surface area (Å²) in [6, 6.07) is 2.14. The summed E-state index contributed by atoms with van der Waals surface area (Å²) in [5.74, 6) is -6.50. The molecule has 0 aliphatic heterocycles. The molecule has 0 bridgehead atoms. The smallest absolute Gasteiger partial charge is 0.255 e. The molecule has 0 heterocycles. The van der Waals surface area contributed by atoms with E-state index < -0.39 is 58.0 Å². The first-order valence-corrected chi connectivity index (χ1v) is 11.8. The molecule has 4 atom stereocenters. The number of benzene rings is 1. The maximum absolute atomic E-state index is 13.8. The van der Waals surface area contributed by atoms with Crippen molar-refractivity contribution in [2.45, 2.75) is 37.8 Å². The highest BCUT2D eigenvalue weighted by Gasteiger charge is 2.64. The summed E-state index contributed by atoms with van der Waals surface area (Å²) in [6.07, 6.45) is 5.14. The summed E-state index contributed by atoms with van der Waals surface area (Å²) in [6.45, 7) is 1.98. The molecule has 1 aromatic carbocycles. The zero-order valence-corrected chi connectivity index (χ0v) is 20.2. The molecule has 36 heavy (non-hydrogen) atoms. The number of primary amides is 1. The largest absolute Gasteiger partial charge is 0.508 e. The third-order valence-electron chi connectivity index (χ3n) is 8.00. The predicted octanol–water partition coefficient (Wildman–Crippen LogP) is 1.70. The first kappa shape index (κ1) is 24.0. The molecule has 1 saturated carbocycles. The number of nitrogens with two attached hydrogens (primary N) is 1. The Morgan fingerprint density at radius 3 is 2.44 bits per heavy atom. The van der Waals surface area contributed by atoms with Gasteiger partial charge in [0.1, 0.15) is 22.8 Å². The molecule has 5 rings (SSSR count). The van der Waals surface area contributed by atoms with Gasteiger partial charge in [0, 0.05) is 11.5 Å². The van der Waals surface area contributed by atoms with Crippen LogP contribution in [-0.2, 0) is 20.8 Å². The second kappa shape index (κ2) is 7.91. The van der Waals surface area contributed by atoms with Crippen molar-refractivity contribution in [3.8, 4) is 5.75 Å². The number of Topliss-reactive ketones (excluding diaryl/α,β-unsaturated/α-hetero) is 2. The van der Waals surface area contributed by atoms with Gasteiger partial charge in [0.2, 0.25) is 5.78 Å². The maximum Gasteiger partial charge on any atom is 0.255 e. The van der Waals surface area contributed by atoms with Gasteiger partial charge in [0.05, 0.1) is 11.6 Å². The summed E-state index contributed by atoms with van der Waals surface area (Å²) in [5.41, 5.74) is 5.48. The summed E-state index contributed by atoms with van der Waals surface area (Å²) in [4.78, 5) is 40.5. The van der Waals surface area contributed by atoms with Gasteiger partial charge < -0.3 is 26.2 Å². The van der Waals surface area contributed by atoms with E-state index >= 15 is 0 Å². The molecule has 0 unspecified atom stereocenters. The molecule has 0 saturated heterocycles. The van der Waals surface area contributed by atoms with Crippen molar-refractivity contribution in [2.75, 3.05) is 14.1 Å². The Bertz CT molecular complexity index is 1380. The van der Waals surface area contributed by atoms with Gasteiger partial charge in [-0.2, -0.15) is 0 Å². The predicted molar refractivity (Wildman–Crippen MR) is 131 cm³/mol. The average molecular weight is 493 g/mol. The standard InChI is InChI=1S/C27H28N2O7/c1-11-4-5-12(8-11)14-6-7-17(30)19-15(14)9-13-10-16-21(29(2)3)23(32)20(26(28)35)25(34)27(16,36)24(33)18(13)22(19)31/h4,6-8,13,16,21,30-31,34,36H,5,9-10H2,1-3H3,(H2,28,35)/t13-,16-,21-,27-/m0/s1. The number of carbonyl (C=O) groups excluding carboxylic acids is 3. The lowest BCUT2D eigenvalue weighted by molar-refractivity contribution is -0.153. The lowest BCUT2D eigenvalue weighted by Crippen LogP contribution is -2.65. The van der Waals surface area contributed by atoms with Crippen LogP contribution in [0.15, 0.2) is 46.8 Å². The number of amides is 1. The monoisotopic (exact) mass is 492 g/mol. The van der Waals surface area contributed by atoms with Gasteiger partial charge in [-0.15, -0.1) is 0 Å². The molecular formula is C27H28N2O7. The third-order valence-corrected chi connectivity index (χ3v) is 8.00. The highest BCUT2D eigenvalue weighted by atomic mass is 16.3. The van der Waals surface area contributed by atoms with Crippen LogP contribution in [0.4, 0.5) is 0 Å². The maximum atomic E-state index is 13.8. The third kappa shape index (κ3) is 3.06. The number of hydrogen-bond donors (Lipinski definition) is 5. The molecule has 9 nitrogen and oxygen atoms in total. The first-order valence-electron chi connectivity index (χ1n) is 11.8. The quantitative estimate of drug-likeness (QED) is 0.398. The molecule has 0 aromatic heterocycles. The summed E-state index contributed by atoms with van der Waals surface area (Å²) < 4.78 is 0. The lowest BCUT2D eigenvalue weighted by atomic mass is 9.57. The van der Waals surface area contributed by atoms with Crippen molar-refractivity contribution < 1.29 is 34.8 Å². The fraction of sp³-hybridized carbons (Fsp3) is 0.370. The number of aliphatic hydroxyl groups is 3. The van der Waals surface area contributed by atoms with Gasteiger partial charge in [-0.3, -0.25) is 19.3 Å². The Morgan fingerprint density at radius 2 is 1.86 bits per heavy atom. The van der Waals surface area contributed by atoms with Crippen LogP contribution in [0.3, 0.4) is 0 Å². The fourth-order valence-corrected chi connectivity index (χ4v) is 6.40. The van der Waals surface area contributed by atoms with Gasteiger partial charge >= 0.3 is 0 Å². The number of nitrogens with zero attached hydrogens (tertiary/aromatic N) is 1. The van der Waals surface area contributed by atoms with Crippen LogP contribution in [0, 0.1) is 11.8 Å². The normalized spacial score (nSPS) is 29.6. The van der Waals surface area contributed by atoms with E-state index in [0.717, 1.165) is 16.7 Å². The molecule has 1 fully saturated rings. The lowest BCUT2D eigenvalue weighted by Gasteiger charge is -2.50. The van der Waals surface area contributed by atoms with Crippen LogP contribution in [0.25, 0.3) is 11.3 Å². The Labute approximate surface area is 207 Å². The number of ketones is 2. The van der Waals surface area contributed by atoms with Crippen LogP contribution in [0.2, 0.25) is 0 Å². The van der Waals surface area contributed by atoms with E-state index in [1.165, 1.54) is 11.0 Å². The Morgan fingerprint density at radius 1 is 1.17 bits per heavy atom. The first-order chi connectivity index (χ1) is 16.9. The van der Waals surface area contributed by atoms with E-state index in [4.69, 9.17) is 5.73 Å². The highest BCUT2D eigenvalue weighted by molar-refractivity contribution is 6.24. The van der Waals surface area contributed by atoms with Gasteiger partial charge in [-0.25, -0.2) is 0 Å². The molecule has 4 aliphatic carbocycles. The molecule has 0 radical (unpaired) electrons. The summed E-state index contributed by atoms with van der Waals surface area (Å²) >= 11 is 0. The number of fused-ring (bicyclic) bond motifs is 3. The zero-order chi connectivity index (χ0) is 26.3. The van der Waals surface area contributed by atoms with E-state index in [-0.39, 0.29) is 29.7 Å². The number of rotatable bonds is 3. The van der Waals surface area contributed by atoms with Crippen LogP contribution < -0.4 is 5.73 Å². The Balaban J connectivity index is 1.73. The second-order valence-electron chi connectivity index (χ2n) is 10.3. The Hall–Kier alpha value is -3.69. The van der Waals surface area contributed by atoms with Crippen molar-refractivity contribution in [1.82, 2.24) is 4.90 Å². The van der Waals surface area contributed by atoms with Crippen molar-refractivity contribution in [1.29, 1.82) is 0 Å². The molecule has 188 valence electrons. The zero-order valence-electron chi connectivity index (χ0n) is 20.2. The van der Waals surface area contributed by atoms with Crippen molar-refractivity contribution in [3.05, 3.63) is 63.5 Å². The van der Waals surface area contributed by atoms with Crippen molar-refractivity contribution >= 4 is 28.8 Å². The number of likely N-dealkylation sites (N-methyl/N-ethyl adjacent to an activating group) is 1. The van der Waals surface area contributed by atoms with Gasteiger partial charge in [0.15, 0.2) is 11.4 Å². The summed E-state index contributed by atoms with van der Waals surface area (Å²) in [7, 11) is 3.15. The minimum Gasteiger partial charge on any atom is -0.508 e. The molecule has 4 aliphatic rings. The van der Waals surface area contributed by atoms with Crippen molar-refractivity contribution in [2.24, 2.45) is 17.6 Å². The highest BCUT2D eigenvalue weighted by Crippen LogP contribution is 2.53. The topological polar surface area (TPSA) is 161 Å². The van der Waals surface area contributed by atoms with Gasteiger partial charge in [-0.05, 0) is 69.0 Å². The molecule has 0 spiro atoms. The molecule has 1 amide bonds. The fourth-order valence-electron chi connectivity index (χ4n) is 6.40. The average Bonchev–Trinajstić information content (AvgIpc) is 3.22. The molecule has 9 heteroatoms. The number of phenols is 1. The number of aromatic hydroxyl groups is 1. The minimum atomic E-state index is -2.63. The Kier molecular flexibility index (Phi) is 5.28. The van der Waals surface area contributed by atoms with E-state index in [1.54, 1.807) is 20.2 Å². The van der Waals surface area contributed by atoms with E-state index in [2.05, 4.69) is 6.08 Å². The molecular weight excluding hydrogens is 464 g/mol. The van der Waals surface area contributed by atoms with E-state index in [1.807, 2.05) is 13.0 Å². The number of carbonyl (C=O) groups is 3. The molecule has 1 aromatic rings. The SMILES string of the molecule is CC1=CCC(c2ccc(O)c3c2C[C@H]2C[C@H]4[C@H](N(C)C)C(=O)C(C(N)=O)=C(O)[C@@]4(O)C(=O)C2=C3O)=C1. The van der Waals surface area contributed by atoms with Gasteiger partial charge in [-0.1, -0.05) is 23.8 Å². The minimum absolute atomic E-state index is 0.0667. The van der Waals surface area contributed by atoms with Crippen LogP contribution >= 0.6 is 0 Å².